The number of carbonyl (C=O) groups is 1. The first-order chi connectivity index (χ1) is 6.29. The van der Waals surface area contributed by atoms with Gasteiger partial charge in [-0.3, -0.25) is 4.79 Å². The van der Waals surface area contributed by atoms with Gasteiger partial charge >= 0.3 is 0 Å². The average Bonchev–Trinajstić information content (AvgIpc) is 2.02. The maximum atomic E-state index is 11.3. The van der Waals surface area contributed by atoms with Crippen LogP contribution in [0.5, 0.6) is 0 Å². The van der Waals surface area contributed by atoms with E-state index in [-0.39, 0.29) is 11.8 Å². The third-order valence-electron chi connectivity index (χ3n) is 1.76. The predicted molar refractivity (Wildman–Crippen MR) is 58.5 cm³/mol. The highest BCUT2D eigenvalue weighted by Crippen LogP contribution is 2.29. The summed E-state index contributed by atoms with van der Waals surface area (Å²) in [5.74, 6) is -0.507. The lowest BCUT2D eigenvalue weighted by Gasteiger charge is -2.21. The summed E-state index contributed by atoms with van der Waals surface area (Å²) in [6, 6.07) is 0. The van der Waals surface area contributed by atoms with Crippen LogP contribution in [0.3, 0.4) is 0 Å². The molecule has 0 aromatic carbocycles. The molecule has 0 aliphatic rings. The summed E-state index contributed by atoms with van der Waals surface area (Å²) in [6.45, 7) is 3.72. The molecule has 2 N–H and O–H groups in total. The van der Waals surface area contributed by atoms with Crippen LogP contribution in [0.25, 0.3) is 0 Å². The van der Waals surface area contributed by atoms with Crippen LogP contribution in [0.4, 0.5) is 0 Å². The van der Waals surface area contributed by atoms with Gasteiger partial charge in [-0.15, -0.1) is 0 Å². The first-order valence-electron chi connectivity index (χ1n) is 4.34. The standard InChI is InChI=1S/C8H14Cl3NO2/c1-3-4-5(2)6(13)12-7(14)8(9,10)11/h5,7,14H,3-4H2,1-2H3,(H,12,13). The number of alkyl halides is 3. The van der Waals surface area contributed by atoms with Gasteiger partial charge in [0, 0.05) is 5.92 Å². The van der Waals surface area contributed by atoms with Gasteiger partial charge in [-0.05, 0) is 6.42 Å². The third-order valence-corrected chi connectivity index (χ3v) is 2.38. The Hall–Kier alpha value is 0.300. The first-order valence-corrected chi connectivity index (χ1v) is 5.47. The van der Waals surface area contributed by atoms with E-state index in [4.69, 9.17) is 34.8 Å². The lowest BCUT2D eigenvalue weighted by Crippen LogP contribution is -2.45. The highest BCUT2D eigenvalue weighted by Gasteiger charge is 2.32. The summed E-state index contributed by atoms with van der Waals surface area (Å²) in [5.41, 5.74) is 0. The molecule has 2 atom stereocenters. The van der Waals surface area contributed by atoms with Crippen LogP contribution in [-0.2, 0) is 4.79 Å². The second-order valence-electron chi connectivity index (χ2n) is 3.14. The van der Waals surface area contributed by atoms with Crippen LogP contribution in [0.2, 0.25) is 0 Å². The maximum Gasteiger partial charge on any atom is 0.234 e. The van der Waals surface area contributed by atoms with Gasteiger partial charge in [0.1, 0.15) is 0 Å². The molecule has 0 aromatic heterocycles. The van der Waals surface area contributed by atoms with Crippen LogP contribution >= 0.6 is 34.8 Å². The fourth-order valence-electron chi connectivity index (χ4n) is 0.923. The molecule has 1 amide bonds. The van der Waals surface area contributed by atoms with Gasteiger partial charge in [0.05, 0.1) is 0 Å². The number of carbonyl (C=O) groups excluding carboxylic acids is 1. The Morgan fingerprint density at radius 1 is 1.50 bits per heavy atom. The second kappa shape index (κ2) is 6.01. The molecule has 0 aliphatic carbocycles. The van der Waals surface area contributed by atoms with E-state index in [1.165, 1.54) is 0 Å². The van der Waals surface area contributed by atoms with Crippen LogP contribution in [-0.4, -0.2) is 21.0 Å². The smallest absolute Gasteiger partial charge is 0.234 e. The SMILES string of the molecule is CCCC(C)C(=O)NC(O)C(Cl)(Cl)Cl. The van der Waals surface area contributed by atoms with Crippen molar-refractivity contribution in [1.82, 2.24) is 5.32 Å². The zero-order valence-electron chi connectivity index (χ0n) is 8.06. The van der Waals surface area contributed by atoms with E-state index < -0.39 is 10.0 Å². The van der Waals surface area contributed by atoms with Gasteiger partial charge < -0.3 is 10.4 Å². The van der Waals surface area contributed by atoms with Gasteiger partial charge in [-0.1, -0.05) is 55.1 Å². The zero-order chi connectivity index (χ0) is 11.4. The summed E-state index contributed by atoms with van der Waals surface area (Å²) in [4.78, 5) is 11.3. The van der Waals surface area contributed by atoms with Crippen molar-refractivity contribution in [3.63, 3.8) is 0 Å². The Morgan fingerprint density at radius 2 is 2.00 bits per heavy atom. The van der Waals surface area contributed by atoms with Gasteiger partial charge in [0.25, 0.3) is 0 Å². The highest BCUT2D eigenvalue weighted by atomic mass is 35.6. The fourth-order valence-corrected chi connectivity index (χ4v) is 1.09. The van der Waals surface area contributed by atoms with Gasteiger partial charge in [0.15, 0.2) is 6.23 Å². The van der Waals surface area contributed by atoms with Crippen molar-refractivity contribution in [3.8, 4) is 0 Å². The van der Waals surface area contributed by atoms with E-state index in [0.717, 1.165) is 12.8 Å². The summed E-state index contributed by atoms with van der Waals surface area (Å²) in [5, 5.41) is 11.5. The van der Waals surface area contributed by atoms with Crippen LogP contribution < -0.4 is 5.32 Å². The quantitative estimate of drug-likeness (QED) is 0.603. The molecule has 0 saturated heterocycles. The van der Waals surface area contributed by atoms with Gasteiger partial charge in [-0.25, -0.2) is 0 Å². The van der Waals surface area contributed by atoms with E-state index in [0.29, 0.717) is 0 Å². The number of aliphatic hydroxyl groups is 1. The molecule has 0 saturated carbocycles. The van der Waals surface area contributed by atoms with Crippen molar-refractivity contribution in [2.24, 2.45) is 5.92 Å². The Bertz CT molecular complexity index is 194. The molecule has 0 rings (SSSR count). The van der Waals surface area contributed by atoms with E-state index in [2.05, 4.69) is 5.32 Å². The Labute approximate surface area is 98.7 Å². The molecular formula is C8H14Cl3NO2. The Kier molecular flexibility index (Phi) is 6.14. The van der Waals surface area contributed by atoms with Crippen LogP contribution in [0.15, 0.2) is 0 Å². The minimum absolute atomic E-state index is 0.193. The maximum absolute atomic E-state index is 11.3. The van der Waals surface area contributed by atoms with Crippen molar-refractivity contribution in [3.05, 3.63) is 0 Å². The van der Waals surface area contributed by atoms with E-state index >= 15 is 0 Å². The predicted octanol–water partition coefficient (Wildman–Crippen LogP) is 2.23. The van der Waals surface area contributed by atoms with Crippen molar-refractivity contribution < 1.29 is 9.90 Å². The van der Waals surface area contributed by atoms with Crippen molar-refractivity contribution in [2.75, 3.05) is 0 Å². The number of nitrogens with one attached hydrogen (secondary N) is 1. The highest BCUT2D eigenvalue weighted by molar-refractivity contribution is 6.68. The summed E-state index contributed by atoms with van der Waals surface area (Å²) < 4.78 is -1.89. The number of amides is 1. The largest absolute Gasteiger partial charge is 0.369 e. The molecule has 6 heteroatoms. The molecular weight excluding hydrogens is 248 g/mol. The molecule has 0 aliphatic heterocycles. The molecule has 3 nitrogen and oxygen atoms in total. The number of hydrogen-bond acceptors (Lipinski definition) is 2. The molecule has 2 unspecified atom stereocenters. The molecule has 0 heterocycles. The number of rotatable bonds is 4. The Balaban J connectivity index is 4.06. The van der Waals surface area contributed by atoms with Crippen LogP contribution in [0, 0.1) is 5.92 Å². The molecule has 84 valence electrons. The monoisotopic (exact) mass is 261 g/mol. The minimum Gasteiger partial charge on any atom is -0.369 e. The van der Waals surface area contributed by atoms with E-state index in [9.17, 15) is 9.90 Å². The van der Waals surface area contributed by atoms with Gasteiger partial charge in [0.2, 0.25) is 9.70 Å². The molecule has 0 bridgehead atoms. The summed E-state index contributed by atoms with van der Waals surface area (Å²) in [6.07, 6.45) is 0.149. The average molecular weight is 263 g/mol. The van der Waals surface area contributed by atoms with Crippen LogP contribution in [0.1, 0.15) is 26.7 Å². The molecule has 0 radical (unpaired) electrons. The minimum atomic E-state index is -1.89. The fraction of sp³-hybridized carbons (Fsp3) is 0.875. The molecule has 0 aromatic rings. The lowest BCUT2D eigenvalue weighted by atomic mass is 10.1. The van der Waals surface area contributed by atoms with Crippen molar-refractivity contribution >= 4 is 40.7 Å². The van der Waals surface area contributed by atoms with E-state index in [1.807, 2.05) is 6.92 Å². The van der Waals surface area contributed by atoms with Crippen molar-refractivity contribution in [1.29, 1.82) is 0 Å². The first kappa shape index (κ1) is 14.3. The summed E-state index contributed by atoms with van der Waals surface area (Å²) >= 11 is 16.1. The number of halogens is 3. The molecule has 14 heavy (non-hydrogen) atoms. The number of hydrogen-bond donors (Lipinski definition) is 2. The molecule has 0 spiro atoms. The van der Waals surface area contributed by atoms with Gasteiger partial charge in [-0.2, -0.15) is 0 Å². The lowest BCUT2D eigenvalue weighted by molar-refractivity contribution is -0.127. The molecule has 0 fully saturated rings. The van der Waals surface area contributed by atoms with Crippen molar-refractivity contribution in [2.45, 2.75) is 36.7 Å². The number of aliphatic hydroxyl groups excluding tert-OH is 1. The Morgan fingerprint density at radius 3 is 2.36 bits per heavy atom. The third kappa shape index (κ3) is 5.25. The second-order valence-corrected chi connectivity index (χ2v) is 5.51. The normalized spacial score (nSPS) is 16.1. The topological polar surface area (TPSA) is 49.3 Å². The summed E-state index contributed by atoms with van der Waals surface area (Å²) in [7, 11) is 0. The van der Waals surface area contributed by atoms with E-state index in [1.54, 1.807) is 6.92 Å². The zero-order valence-corrected chi connectivity index (χ0v) is 10.3.